The molecule has 0 unspecified atom stereocenters. The zero-order chi connectivity index (χ0) is 13.0. The molecule has 2 rings (SSSR count). The highest BCUT2D eigenvalue weighted by atomic mass is 35.5. The molecule has 0 aliphatic rings. The van der Waals surface area contributed by atoms with Crippen molar-refractivity contribution < 1.29 is 4.79 Å². The van der Waals surface area contributed by atoms with Gasteiger partial charge in [0.05, 0.1) is 10.7 Å². The van der Waals surface area contributed by atoms with E-state index in [1.165, 1.54) is 0 Å². The van der Waals surface area contributed by atoms with Crippen LogP contribution in [0.4, 0.5) is 16.3 Å². The lowest BCUT2D eigenvalue weighted by Crippen LogP contribution is -2.20. The number of nitrogens with one attached hydrogen (secondary N) is 2. The first kappa shape index (κ1) is 12.4. The van der Waals surface area contributed by atoms with Gasteiger partial charge in [-0.1, -0.05) is 23.7 Å². The summed E-state index contributed by atoms with van der Waals surface area (Å²) in [6.07, 6.45) is 1.64. The van der Waals surface area contributed by atoms with Crippen LogP contribution in [-0.4, -0.2) is 11.0 Å². The van der Waals surface area contributed by atoms with Gasteiger partial charge in [0.1, 0.15) is 5.82 Å². The molecule has 1 aromatic carbocycles. The van der Waals surface area contributed by atoms with E-state index in [-0.39, 0.29) is 6.03 Å². The Morgan fingerprint density at radius 1 is 1.22 bits per heavy atom. The van der Waals surface area contributed by atoms with E-state index >= 15 is 0 Å². The second kappa shape index (κ2) is 5.51. The van der Waals surface area contributed by atoms with Crippen molar-refractivity contribution in [1.29, 1.82) is 0 Å². The van der Waals surface area contributed by atoms with Crippen molar-refractivity contribution >= 4 is 29.1 Å². The number of halogens is 1. The first-order valence-corrected chi connectivity index (χ1v) is 5.78. The first-order chi connectivity index (χ1) is 8.65. The van der Waals surface area contributed by atoms with E-state index in [1.54, 1.807) is 36.5 Å². The van der Waals surface area contributed by atoms with Gasteiger partial charge in [-0.3, -0.25) is 5.32 Å². The third-order valence-electron chi connectivity index (χ3n) is 2.28. The zero-order valence-corrected chi connectivity index (χ0v) is 10.5. The minimum atomic E-state index is -0.374. The normalized spacial score (nSPS) is 9.89. The Hall–Kier alpha value is -2.07. The standard InChI is InChI=1S/C13H12ClN3O/c1-9-6-7-15-12(8-9)17-13(18)16-11-5-3-2-4-10(11)14/h2-8H,1H3,(H2,15,16,17,18). The van der Waals surface area contributed by atoms with Crippen LogP contribution in [0.1, 0.15) is 5.56 Å². The molecule has 2 N–H and O–H groups in total. The molecule has 0 aliphatic heterocycles. The lowest BCUT2D eigenvalue weighted by Gasteiger charge is -2.08. The number of carbonyl (C=O) groups excluding carboxylic acids is 1. The van der Waals surface area contributed by atoms with Crippen LogP contribution in [0.3, 0.4) is 0 Å². The molecule has 0 aliphatic carbocycles. The van der Waals surface area contributed by atoms with Crippen molar-refractivity contribution in [1.82, 2.24) is 4.98 Å². The average molecular weight is 262 g/mol. The van der Waals surface area contributed by atoms with Crippen LogP contribution in [0.25, 0.3) is 0 Å². The van der Waals surface area contributed by atoms with E-state index in [9.17, 15) is 4.79 Å². The SMILES string of the molecule is Cc1ccnc(NC(=O)Nc2ccccc2Cl)c1. The number of pyridine rings is 1. The van der Waals surface area contributed by atoms with Gasteiger partial charge in [-0.15, -0.1) is 0 Å². The number of para-hydroxylation sites is 1. The second-order valence-corrected chi connectivity index (χ2v) is 4.18. The molecule has 92 valence electrons. The molecule has 0 fully saturated rings. The highest BCUT2D eigenvalue weighted by Crippen LogP contribution is 2.20. The lowest BCUT2D eigenvalue weighted by molar-refractivity contribution is 0.262. The van der Waals surface area contributed by atoms with Gasteiger partial charge < -0.3 is 5.32 Å². The van der Waals surface area contributed by atoms with Gasteiger partial charge in [0.2, 0.25) is 0 Å². The Morgan fingerprint density at radius 3 is 2.72 bits per heavy atom. The van der Waals surface area contributed by atoms with Crippen molar-refractivity contribution in [2.75, 3.05) is 10.6 Å². The van der Waals surface area contributed by atoms with E-state index in [4.69, 9.17) is 11.6 Å². The number of benzene rings is 1. The lowest BCUT2D eigenvalue weighted by atomic mass is 10.3. The summed E-state index contributed by atoms with van der Waals surface area (Å²) in [5.41, 5.74) is 1.59. The molecule has 1 heterocycles. The summed E-state index contributed by atoms with van der Waals surface area (Å²) in [5.74, 6) is 0.500. The molecule has 0 radical (unpaired) electrons. The van der Waals surface area contributed by atoms with Gasteiger partial charge in [0.25, 0.3) is 0 Å². The Morgan fingerprint density at radius 2 is 2.00 bits per heavy atom. The molecule has 2 aromatic rings. The summed E-state index contributed by atoms with van der Waals surface area (Å²) in [6, 6.07) is 10.3. The average Bonchev–Trinajstić information content (AvgIpc) is 2.32. The predicted octanol–water partition coefficient (Wildman–Crippen LogP) is 3.69. The molecule has 0 bridgehead atoms. The Kier molecular flexibility index (Phi) is 3.79. The number of hydrogen-bond donors (Lipinski definition) is 2. The molecule has 0 saturated heterocycles. The number of nitrogens with zero attached hydrogens (tertiary/aromatic N) is 1. The van der Waals surface area contributed by atoms with Crippen LogP contribution < -0.4 is 10.6 Å². The number of carbonyl (C=O) groups is 1. The van der Waals surface area contributed by atoms with Crippen LogP contribution in [0, 0.1) is 6.92 Å². The van der Waals surface area contributed by atoms with Crippen molar-refractivity contribution in [3.05, 3.63) is 53.2 Å². The number of anilines is 2. The highest BCUT2D eigenvalue weighted by Gasteiger charge is 2.05. The minimum absolute atomic E-state index is 0.374. The maximum Gasteiger partial charge on any atom is 0.324 e. The zero-order valence-electron chi connectivity index (χ0n) is 9.77. The number of amides is 2. The highest BCUT2D eigenvalue weighted by molar-refractivity contribution is 6.33. The van der Waals surface area contributed by atoms with Crippen LogP contribution >= 0.6 is 11.6 Å². The summed E-state index contributed by atoms with van der Waals surface area (Å²) in [4.78, 5) is 15.8. The fourth-order valence-corrected chi connectivity index (χ4v) is 1.62. The number of urea groups is 1. The van der Waals surface area contributed by atoms with Crippen molar-refractivity contribution in [2.24, 2.45) is 0 Å². The van der Waals surface area contributed by atoms with Gasteiger partial charge in [-0.05, 0) is 36.8 Å². The fourth-order valence-electron chi connectivity index (χ4n) is 1.44. The first-order valence-electron chi connectivity index (χ1n) is 5.40. The van der Waals surface area contributed by atoms with Crippen LogP contribution in [0.15, 0.2) is 42.6 Å². The van der Waals surface area contributed by atoms with E-state index in [0.717, 1.165) is 5.56 Å². The van der Waals surface area contributed by atoms with E-state index < -0.39 is 0 Å². The Labute approximate surface area is 110 Å². The summed E-state index contributed by atoms with van der Waals surface area (Å²) in [5, 5.41) is 5.79. The monoisotopic (exact) mass is 261 g/mol. The summed E-state index contributed by atoms with van der Waals surface area (Å²) in [7, 11) is 0. The number of rotatable bonds is 2. The third kappa shape index (κ3) is 3.21. The summed E-state index contributed by atoms with van der Waals surface area (Å²) < 4.78 is 0. The predicted molar refractivity (Wildman–Crippen MR) is 73.1 cm³/mol. The van der Waals surface area contributed by atoms with Gasteiger partial charge in [-0.25, -0.2) is 9.78 Å². The molecule has 0 spiro atoms. The Bertz CT molecular complexity index is 572. The van der Waals surface area contributed by atoms with E-state index in [2.05, 4.69) is 15.6 Å². The summed E-state index contributed by atoms with van der Waals surface area (Å²) >= 11 is 5.94. The van der Waals surface area contributed by atoms with E-state index in [0.29, 0.717) is 16.5 Å². The van der Waals surface area contributed by atoms with Gasteiger partial charge >= 0.3 is 6.03 Å². The topological polar surface area (TPSA) is 54.0 Å². The molecule has 5 heteroatoms. The molecular formula is C13H12ClN3O. The molecule has 0 saturated carbocycles. The maximum atomic E-state index is 11.7. The molecule has 1 aromatic heterocycles. The second-order valence-electron chi connectivity index (χ2n) is 3.78. The van der Waals surface area contributed by atoms with Gasteiger partial charge in [0.15, 0.2) is 0 Å². The van der Waals surface area contributed by atoms with Crippen LogP contribution in [-0.2, 0) is 0 Å². The third-order valence-corrected chi connectivity index (χ3v) is 2.61. The summed E-state index contributed by atoms with van der Waals surface area (Å²) in [6.45, 7) is 1.93. The Balaban J connectivity index is 2.03. The molecule has 4 nitrogen and oxygen atoms in total. The number of aryl methyl sites for hydroxylation is 1. The molecule has 2 amide bonds. The molecule has 18 heavy (non-hydrogen) atoms. The number of aromatic nitrogens is 1. The van der Waals surface area contributed by atoms with E-state index in [1.807, 2.05) is 13.0 Å². The maximum absolute atomic E-state index is 11.7. The van der Waals surface area contributed by atoms with Crippen molar-refractivity contribution in [2.45, 2.75) is 6.92 Å². The fraction of sp³-hybridized carbons (Fsp3) is 0.0769. The van der Waals surface area contributed by atoms with Gasteiger partial charge in [0, 0.05) is 6.20 Å². The minimum Gasteiger partial charge on any atom is -0.306 e. The van der Waals surface area contributed by atoms with Crippen molar-refractivity contribution in [3.8, 4) is 0 Å². The number of hydrogen-bond acceptors (Lipinski definition) is 2. The quantitative estimate of drug-likeness (QED) is 0.866. The molecular weight excluding hydrogens is 250 g/mol. The van der Waals surface area contributed by atoms with Crippen molar-refractivity contribution in [3.63, 3.8) is 0 Å². The van der Waals surface area contributed by atoms with Crippen LogP contribution in [0.5, 0.6) is 0 Å². The molecule has 0 atom stereocenters. The van der Waals surface area contributed by atoms with Gasteiger partial charge in [-0.2, -0.15) is 0 Å². The van der Waals surface area contributed by atoms with Crippen LogP contribution in [0.2, 0.25) is 5.02 Å². The smallest absolute Gasteiger partial charge is 0.306 e. The largest absolute Gasteiger partial charge is 0.324 e.